The van der Waals surface area contributed by atoms with Crippen LogP contribution in [-0.2, 0) is 10.0 Å². The highest BCUT2D eigenvalue weighted by Crippen LogP contribution is 2.38. The quantitative estimate of drug-likeness (QED) is 0.555. The van der Waals surface area contributed by atoms with E-state index in [-0.39, 0.29) is 0 Å². The number of nitrogens with zero attached hydrogens (tertiary/aromatic N) is 3. The van der Waals surface area contributed by atoms with Gasteiger partial charge in [0.2, 0.25) is 10.0 Å². The molecule has 0 atom stereocenters. The normalized spacial score (nSPS) is 15.4. The first-order chi connectivity index (χ1) is 9.90. The summed E-state index contributed by atoms with van der Waals surface area (Å²) in [4.78, 5) is 8.87. The fourth-order valence-electron chi connectivity index (χ4n) is 2.08. The van der Waals surface area contributed by atoms with Crippen LogP contribution in [0.15, 0.2) is 10.7 Å². The molecule has 1 aromatic rings. The molecule has 0 radical (unpaired) electrons. The van der Waals surface area contributed by atoms with Crippen LogP contribution >= 0.6 is 15.9 Å². The average Bonchev–Trinajstić information content (AvgIpc) is 3.20. The number of rotatable bonds is 8. The molecular formula is C13H21BrN4O2S. The highest BCUT2D eigenvalue weighted by Gasteiger charge is 2.27. The van der Waals surface area contributed by atoms with Gasteiger partial charge in [-0.2, -0.15) is 0 Å². The molecule has 0 saturated heterocycles. The Balaban J connectivity index is 1.83. The van der Waals surface area contributed by atoms with E-state index in [0.717, 1.165) is 35.5 Å². The number of hydrogen-bond donors (Lipinski definition) is 1. The summed E-state index contributed by atoms with van der Waals surface area (Å²) in [7, 11) is -3.10. The van der Waals surface area contributed by atoms with Crippen molar-refractivity contribution in [3.63, 3.8) is 0 Å². The molecular weight excluding hydrogens is 356 g/mol. The summed E-state index contributed by atoms with van der Waals surface area (Å²) in [5, 5.41) is 3.24. The lowest BCUT2D eigenvalue weighted by molar-refractivity contribution is 0.428. The van der Waals surface area contributed by atoms with Gasteiger partial charge in [0.05, 0.1) is 6.26 Å². The highest BCUT2D eigenvalue weighted by atomic mass is 79.9. The highest BCUT2D eigenvalue weighted by molar-refractivity contribution is 9.10. The Labute approximate surface area is 134 Å². The summed E-state index contributed by atoms with van der Waals surface area (Å²) in [6, 6.07) is 1.85. The van der Waals surface area contributed by atoms with Crippen LogP contribution in [0.1, 0.15) is 37.9 Å². The van der Waals surface area contributed by atoms with Crippen molar-refractivity contribution in [1.29, 1.82) is 0 Å². The Morgan fingerprint density at radius 1 is 1.43 bits per heavy atom. The minimum atomic E-state index is -3.10. The van der Waals surface area contributed by atoms with Gasteiger partial charge in [0.1, 0.15) is 16.2 Å². The van der Waals surface area contributed by atoms with Crippen molar-refractivity contribution < 1.29 is 8.42 Å². The SMILES string of the molecule is CCN(CCCNc1cc(Br)nc(C2CC2)n1)S(C)(=O)=O. The topological polar surface area (TPSA) is 75.2 Å². The van der Waals surface area contributed by atoms with Crippen molar-refractivity contribution in [2.24, 2.45) is 0 Å². The summed E-state index contributed by atoms with van der Waals surface area (Å²) in [5.41, 5.74) is 0. The fraction of sp³-hybridized carbons (Fsp3) is 0.692. The van der Waals surface area contributed by atoms with E-state index in [1.165, 1.54) is 10.6 Å². The number of halogens is 1. The van der Waals surface area contributed by atoms with E-state index in [9.17, 15) is 8.42 Å². The maximum Gasteiger partial charge on any atom is 0.211 e. The minimum Gasteiger partial charge on any atom is -0.370 e. The molecule has 1 N–H and O–H groups in total. The molecule has 1 aromatic heterocycles. The van der Waals surface area contributed by atoms with E-state index in [4.69, 9.17) is 0 Å². The molecule has 1 saturated carbocycles. The Bertz CT molecular complexity index is 590. The second-order valence-electron chi connectivity index (χ2n) is 5.24. The summed E-state index contributed by atoms with van der Waals surface area (Å²) in [6.07, 6.45) is 4.31. The van der Waals surface area contributed by atoms with Crippen LogP contribution < -0.4 is 5.32 Å². The molecule has 0 unspecified atom stereocenters. The lowest BCUT2D eigenvalue weighted by Gasteiger charge is -2.17. The van der Waals surface area contributed by atoms with Crippen LogP contribution in [0.3, 0.4) is 0 Å². The molecule has 1 aliphatic rings. The van der Waals surface area contributed by atoms with Gasteiger partial charge in [0.25, 0.3) is 0 Å². The minimum absolute atomic E-state index is 0.504. The van der Waals surface area contributed by atoms with Gasteiger partial charge in [-0.05, 0) is 35.2 Å². The molecule has 118 valence electrons. The Morgan fingerprint density at radius 3 is 2.71 bits per heavy atom. The van der Waals surface area contributed by atoms with E-state index < -0.39 is 10.0 Å². The van der Waals surface area contributed by atoms with E-state index in [2.05, 4.69) is 31.2 Å². The zero-order valence-electron chi connectivity index (χ0n) is 12.3. The standard InChI is InChI=1S/C13H21BrN4O2S/c1-3-18(21(2,19)20)8-4-7-15-12-9-11(14)16-13(17-12)10-5-6-10/h9-10H,3-8H2,1-2H3,(H,15,16,17). The van der Waals surface area contributed by atoms with Gasteiger partial charge in [0.15, 0.2) is 0 Å². The Hall–Kier alpha value is -0.730. The molecule has 6 nitrogen and oxygen atoms in total. The first kappa shape index (κ1) is 16.6. The third-order valence-corrected chi connectivity index (χ3v) is 5.15. The number of aromatic nitrogens is 2. The van der Waals surface area contributed by atoms with E-state index in [0.29, 0.717) is 25.6 Å². The zero-order valence-corrected chi connectivity index (χ0v) is 14.7. The predicted molar refractivity (Wildman–Crippen MR) is 86.9 cm³/mol. The lowest BCUT2D eigenvalue weighted by Crippen LogP contribution is -2.31. The van der Waals surface area contributed by atoms with Crippen LogP contribution in [0.2, 0.25) is 0 Å². The number of hydrogen-bond acceptors (Lipinski definition) is 5. The second-order valence-corrected chi connectivity index (χ2v) is 8.04. The lowest BCUT2D eigenvalue weighted by atomic mass is 10.3. The Morgan fingerprint density at radius 2 is 2.14 bits per heavy atom. The number of anilines is 1. The molecule has 0 spiro atoms. The Kier molecular flexibility index (Phi) is 5.56. The van der Waals surface area contributed by atoms with Gasteiger partial charge < -0.3 is 5.32 Å². The molecule has 1 heterocycles. The van der Waals surface area contributed by atoms with Crippen LogP contribution in [0, 0.1) is 0 Å². The van der Waals surface area contributed by atoms with Gasteiger partial charge in [0, 0.05) is 31.6 Å². The van der Waals surface area contributed by atoms with Crippen LogP contribution in [0.5, 0.6) is 0 Å². The third-order valence-electron chi connectivity index (χ3n) is 3.37. The van der Waals surface area contributed by atoms with E-state index in [1.54, 1.807) is 0 Å². The van der Waals surface area contributed by atoms with Crippen molar-refractivity contribution in [2.75, 3.05) is 31.2 Å². The monoisotopic (exact) mass is 376 g/mol. The van der Waals surface area contributed by atoms with Gasteiger partial charge >= 0.3 is 0 Å². The molecule has 21 heavy (non-hydrogen) atoms. The molecule has 0 aromatic carbocycles. The van der Waals surface area contributed by atoms with Crippen LogP contribution in [-0.4, -0.2) is 48.6 Å². The molecule has 1 fully saturated rings. The third kappa shape index (κ3) is 5.19. The van der Waals surface area contributed by atoms with E-state index >= 15 is 0 Å². The second kappa shape index (κ2) is 7.02. The summed E-state index contributed by atoms with van der Waals surface area (Å²) in [6.45, 7) is 3.55. The van der Waals surface area contributed by atoms with Gasteiger partial charge in [-0.1, -0.05) is 6.92 Å². The van der Waals surface area contributed by atoms with Crippen molar-refractivity contribution in [3.05, 3.63) is 16.5 Å². The molecule has 1 aliphatic carbocycles. The van der Waals surface area contributed by atoms with Crippen molar-refractivity contribution in [2.45, 2.75) is 32.1 Å². The summed E-state index contributed by atoms with van der Waals surface area (Å²) >= 11 is 3.40. The molecule has 0 amide bonds. The van der Waals surface area contributed by atoms with Gasteiger partial charge in [-0.25, -0.2) is 22.7 Å². The molecule has 0 bridgehead atoms. The molecule has 8 heteroatoms. The fourth-order valence-corrected chi connectivity index (χ4v) is 3.41. The summed E-state index contributed by atoms with van der Waals surface area (Å²) < 4.78 is 25.2. The van der Waals surface area contributed by atoms with Crippen molar-refractivity contribution in [1.82, 2.24) is 14.3 Å². The van der Waals surface area contributed by atoms with Gasteiger partial charge in [-0.15, -0.1) is 0 Å². The van der Waals surface area contributed by atoms with Crippen LogP contribution in [0.4, 0.5) is 5.82 Å². The zero-order chi connectivity index (χ0) is 15.5. The number of sulfonamides is 1. The smallest absolute Gasteiger partial charge is 0.211 e. The van der Waals surface area contributed by atoms with Crippen molar-refractivity contribution in [3.8, 4) is 0 Å². The molecule has 2 rings (SSSR count). The summed E-state index contributed by atoms with van der Waals surface area (Å²) in [5.74, 6) is 2.18. The van der Waals surface area contributed by atoms with Crippen molar-refractivity contribution >= 4 is 31.8 Å². The first-order valence-electron chi connectivity index (χ1n) is 7.13. The molecule has 0 aliphatic heterocycles. The largest absolute Gasteiger partial charge is 0.370 e. The first-order valence-corrected chi connectivity index (χ1v) is 9.77. The average molecular weight is 377 g/mol. The van der Waals surface area contributed by atoms with E-state index in [1.807, 2.05) is 13.0 Å². The van der Waals surface area contributed by atoms with Crippen LogP contribution in [0.25, 0.3) is 0 Å². The van der Waals surface area contributed by atoms with Gasteiger partial charge in [-0.3, -0.25) is 0 Å². The maximum absolute atomic E-state index is 11.5. The number of nitrogens with one attached hydrogen (secondary N) is 1. The maximum atomic E-state index is 11.5. The predicted octanol–water partition coefficient (Wildman–Crippen LogP) is 2.20.